The third-order valence-corrected chi connectivity index (χ3v) is 4.65. The summed E-state index contributed by atoms with van der Waals surface area (Å²) in [6.45, 7) is 7.09. The minimum atomic E-state index is 0.366. The van der Waals surface area contributed by atoms with Crippen molar-refractivity contribution in [2.45, 2.75) is 64.7 Å². The number of hydrogen-bond donors (Lipinski definition) is 0. The molecular formula is C16H28Si. The van der Waals surface area contributed by atoms with Gasteiger partial charge in [-0.3, -0.25) is 0 Å². The molecule has 0 N–H and O–H groups in total. The van der Waals surface area contributed by atoms with Crippen molar-refractivity contribution in [3.05, 3.63) is 29.8 Å². The second kappa shape index (κ2) is 7.00. The average Bonchev–Trinajstić information content (AvgIpc) is 2.29. The molecule has 0 radical (unpaired) electrons. The van der Waals surface area contributed by atoms with Gasteiger partial charge >= 0.3 is 0 Å². The van der Waals surface area contributed by atoms with Crippen molar-refractivity contribution in [3.8, 4) is 0 Å². The van der Waals surface area contributed by atoms with Gasteiger partial charge in [-0.25, -0.2) is 0 Å². The average molecular weight is 248 g/mol. The highest BCUT2D eigenvalue weighted by Crippen LogP contribution is 2.27. The van der Waals surface area contributed by atoms with Crippen molar-refractivity contribution >= 4 is 15.4 Å². The molecule has 0 aliphatic carbocycles. The van der Waals surface area contributed by atoms with Crippen LogP contribution >= 0.6 is 0 Å². The maximum Gasteiger partial charge on any atom is 0.0388 e. The fourth-order valence-electron chi connectivity index (χ4n) is 2.64. The molecule has 0 fully saturated rings. The molecule has 0 saturated carbocycles. The lowest BCUT2D eigenvalue weighted by Crippen LogP contribution is -2.25. The summed E-state index contributed by atoms with van der Waals surface area (Å²) in [6, 6.07) is 8.98. The summed E-state index contributed by atoms with van der Waals surface area (Å²) < 4.78 is 0. The Balaban J connectivity index is 2.48. The number of hydrogen-bond acceptors (Lipinski definition) is 0. The number of rotatable bonds is 7. The minimum Gasteiger partial charge on any atom is -0.0671 e. The van der Waals surface area contributed by atoms with Crippen LogP contribution in [0.4, 0.5) is 0 Å². The van der Waals surface area contributed by atoms with Crippen LogP contribution in [0.2, 0.25) is 0 Å². The summed E-state index contributed by atoms with van der Waals surface area (Å²) in [6.07, 6.45) is 8.26. The predicted octanol–water partition coefficient (Wildman–Crippen LogP) is 3.32. The van der Waals surface area contributed by atoms with Crippen molar-refractivity contribution in [2.24, 2.45) is 0 Å². The van der Waals surface area contributed by atoms with Crippen LogP contribution in [0.15, 0.2) is 24.3 Å². The summed E-state index contributed by atoms with van der Waals surface area (Å²) in [5.41, 5.74) is 1.95. The van der Waals surface area contributed by atoms with E-state index in [0.29, 0.717) is 5.41 Å². The molecule has 0 bridgehead atoms. The molecule has 0 atom stereocenters. The van der Waals surface area contributed by atoms with E-state index in [-0.39, 0.29) is 0 Å². The Hall–Kier alpha value is -0.563. The second-order valence-corrected chi connectivity index (χ2v) is 6.94. The molecule has 1 aromatic carbocycles. The first-order valence-corrected chi connectivity index (χ1v) is 8.14. The molecule has 0 amide bonds. The van der Waals surface area contributed by atoms with Crippen LogP contribution in [0.25, 0.3) is 0 Å². The van der Waals surface area contributed by atoms with Gasteiger partial charge in [0.2, 0.25) is 0 Å². The van der Waals surface area contributed by atoms with Crippen LogP contribution in [0.1, 0.15) is 64.9 Å². The van der Waals surface area contributed by atoms with Gasteiger partial charge in [0.1, 0.15) is 0 Å². The zero-order valence-electron chi connectivity index (χ0n) is 12.1. The van der Waals surface area contributed by atoms with E-state index < -0.39 is 0 Å². The Morgan fingerprint density at radius 1 is 1.00 bits per heavy atom. The molecule has 0 unspecified atom stereocenters. The minimum absolute atomic E-state index is 0.366. The highest BCUT2D eigenvalue weighted by molar-refractivity contribution is 6.33. The third-order valence-electron chi connectivity index (χ3n) is 3.78. The largest absolute Gasteiger partial charge is 0.0671 e. The second-order valence-electron chi connectivity index (χ2n) is 5.86. The van der Waals surface area contributed by atoms with Gasteiger partial charge in [0.25, 0.3) is 0 Å². The van der Waals surface area contributed by atoms with Crippen molar-refractivity contribution in [3.63, 3.8) is 0 Å². The highest BCUT2D eigenvalue weighted by atomic mass is 28.1. The van der Waals surface area contributed by atoms with Gasteiger partial charge in [-0.15, -0.1) is 0 Å². The van der Waals surface area contributed by atoms with Gasteiger partial charge in [0.05, 0.1) is 0 Å². The van der Waals surface area contributed by atoms with Gasteiger partial charge in [-0.05, 0) is 17.4 Å². The summed E-state index contributed by atoms with van der Waals surface area (Å²) >= 11 is 0. The van der Waals surface area contributed by atoms with Crippen molar-refractivity contribution in [1.29, 1.82) is 0 Å². The topological polar surface area (TPSA) is 0 Å². The van der Waals surface area contributed by atoms with E-state index in [4.69, 9.17) is 0 Å². The van der Waals surface area contributed by atoms with Crippen LogP contribution in [0.5, 0.6) is 0 Å². The Kier molecular flexibility index (Phi) is 5.97. The molecule has 96 valence electrons. The first-order chi connectivity index (χ1) is 8.08. The maximum absolute atomic E-state index is 2.41. The Morgan fingerprint density at radius 3 is 2.29 bits per heavy atom. The quantitative estimate of drug-likeness (QED) is 0.513. The molecule has 0 nitrogen and oxygen atoms in total. The number of unbranched alkanes of at least 4 members (excludes halogenated alkanes) is 4. The van der Waals surface area contributed by atoms with E-state index in [1.54, 1.807) is 10.8 Å². The van der Waals surface area contributed by atoms with Crippen LogP contribution < -0.4 is 5.19 Å². The van der Waals surface area contributed by atoms with E-state index in [1.807, 2.05) is 0 Å². The summed E-state index contributed by atoms with van der Waals surface area (Å²) in [5.74, 6) is 0. The molecule has 0 aliphatic heterocycles. The summed E-state index contributed by atoms with van der Waals surface area (Å²) in [5, 5.41) is 1.58. The number of benzene rings is 1. The normalized spacial score (nSPS) is 11.9. The molecule has 1 heteroatoms. The van der Waals surface area contributed by atoms with Crippen LogP contribution in [-0.2, 0) is 5.41 Å². The summed E-state index contributed by atoms with van der Waals surface area (Å²) in [7, 11) is 1.17. The lowest BCUT2D eigenvalue weighted by atomic mass is 9.80. The van der Waals surface area contributed by atoms with E-state index >= 15 is 0 Å². The van der Waals surface area contributed by atoms with E-state index in [2.05, 4.69) is 45.0 Å². The van der Waals surface area contributed by atoms with Gasteiger partial charge in [-0.1, -0.05) is 82.3 Å². The van der Waals surface area contributed by atoms with E-state index in [0.717, 1.165) is 0 Å². The molecule has 0 aliphatic rings. The molecule has 0 aromatic heterocycles. The first kappa shape index (κ1) is 14.5. The summed E-state index contributed by atoms with van der Waals surface area (Å²) in [4.78, 5) is 0. The zero-order chi connectivity index (χ0) is 12.7. The Morgan fingerprint density at radius 2 is 1.65 bits per heavy atom. The predicted molar refractivity (Wildman–Crippen MR) is 82.4 cm³/mol. The van der Waals surface area contributed by atoms with Crippen LogP contribution in [-0.4, -0.2) is 10.2 Å². The molecular weight excluding hydrogens is 220 g/mol. The van der Waals surface area contributed by atoms with Gasteiger partial charge in [0.15, 0.2) is 0 Å². The SMILES string of the molecule is CCCCCCCC(C)(C)c1ccccc1[SiH3]. The molecule has 0 spiro atoms. The van der Waals surface area contributed by atoms with Gasteiger partial charge in [0, 0.05) is 10.2 Å². The Bertz CT molecular complexity index is 328. The third kappa shape index (κ3) is 4.67. The van der Waals surface area contributed by atoms with Gasteiger partial charge < -0.3 is 0 Å². The first-order valence-electron chi connectivity index (χ1n) is 7.14. The van der Waals surface area contributed by atoms with Crippen molar-refractivity contribution in [1.82, 2.24) is 0 Å². The van der Waals surface area contributed by atoms with E-state index in [9.17, 15) is 0 Å². The molecule has 0 saturated heterocycles. The van der Waals surface area contributed by atoms with Crippen LogP contribution in [0.3, 0.4) is 0 Å². The Labute approximate surface area is 110 Å². The van der Waals surface area contributed by atoms with Gasteiger partial charge in [-0.2, -0.15) is 0 Å². The van der Waals surface area contributed by atoms with E-state index in [1.165, 1.54) is 48.8 Å². The fourth-order valence-corrected chi connectivity index (χ4v) is 3.67. The monoisotopic (exact) mass is 248 g/mol. The molecule has 1 rings (SSSR count). The lowest BCUT2D eigenvalue weighted by Gasteiger charge is -2.27. The van der Waals surface area contributed by atoms with Crippen LogP contribution in [0, 0.1) is 0 Å². The molecule has 17 heavy (non-hydrogen) atoms. The highest BCUT2D eigenvalue weighted by Gasteiger charge is 2.21. The smallest absolute Gasteiger partial charge is 0.0388 e. The van der Waals surface area contributed by atoms with Crippen molar-refractivity contribution < 1.29 is 0 Å². The molecule has 0 heterocycles. The standard InChI is InChI=1S/C16H28Si/c1-4-5-6-7-10-13-16(2,3)14-11-8-9-12-15(14)17/h8-9,11-12H,4-7,10,13H2,1-3,17H3. The maximum atomic E-state index is 2.41. The fraction of sp³-hybridized carbons (Fsp3) is 0.625. The molecule has 1 aromatic rings. The lowest BCUT2D eigenvalue weighted by molar-refractivity contribution is 0.446. The van der Waals surface area contributed by atoms with Crippen molar-refractivity contribution in [2.75, 3.05) is 0 Å². The zero-order valence-corrected chi connectivity index (χ0v) is 14.1.